The minimum atomic E-state index is -4.44. The van der Waals surface area contributed by atoms with E-state index in [0.717, 1.165) is 36.8 Å². The molecule has 0 aliphatic carbocycles. The molecular weight excluding hydrogens is 457 g/mol. The van der Waals surface area contributed by atoms with Crippen molar-refractivity contribution in [1.29, 1.82) is 0 Å². The van der Waals surface area contributed by atoms with E-state index >= 15 is 0 Å². The predicted molar refractivity (Wildman–Crippen MR) is 152 cm³/mol. The SMILES string of the molecule is CCCCCCCC/C=C\CCCCCCCCCCCCC(C[N+](C)(CC)CC)OP(=O)(O)O. The summed E-state index contributed by atoms with van der Waals surface area (Å²) in [5.74, 6) is 0. The van der Waals surface area contributed by atoms with Gasteiger partial charge >= 0.3 is 7.82 Å². The Morgan fingerprint density at radius 3 is 1.49 bits per heavy atom. The third-order valence-corrected chi connectivity index (χ3v) is 8.07. The number of hydrogen-bond acceptors (Lipinski definition) is 2. The van der Waals surface area contributed by atoms with Gasteiger partial charge in [-0.1, -0.05) is 109 Å². The van der Waals surface area contributed by atoms with E-state index < -0.39 is 7.82 Å². The number of phosphoric acid groups is 1. The lowest BCUT2D eigenvalue weighted by molar-refractivity contribution is -0.908. The summed E-state index contributed by atoms with van der Waals surface area (Å²) in [5, 5.41) is 0. The lowest BCUT2D eigenvalue weighted by Gasteiger charge is -2.35. The molecule has 0 aliphatic heterocycles. The Hall–Kier alpha value is -0.190. The van der Waals surface area contributed by atoms with Crippen LogP contribution in [-0.4, -0.2) is 47.1 Å². The maximum Gasteiger partial charge on any atom is 0.470 e. The molecule has 0 saturated carbocycles. The van der Waals surface area contributed by atoms with Crippen LogP contribution in [-0.2, 0) is 9.09 Å². The summed E-state index contributed by atoms with van der Waals surface area (Å²) in [6.45, 7) is 9.05. The Kier molecular flexibility index (Phi) is 22.8. The van der Waals surface area contributed by atoms with Crippen LogP contribution in [0.3, 0.4) is 0 Å². The van der Waals surface area contributed by atoms with Gasteiger partial charge in [0.2, 0.25) is 0 Å². The number of allylic oxidation sites excluding steroid dienone is 2. The zero-order valence-electron chi connectivity index (χ0n) is 23.9. The van der Waals surface area contributed by atoms with Gasteiger partial charge < -0.3 is 14.3 Å². The number of nitrogens with zero attached hydrogens (tertiary/aromatic N) is 1. The van der Waals surface area contributed by atoms with Gasteiger partial charge in [-0.05, 0) is 46.0 Å². The van der Waals surface area contributed by atoms with Crippen molar-refractivity contribution in [2.24, 2.45) is 0 Å². The van der Waals surface area contributed by atoms with Gasteiger partial charge in [0.1, 0.15) is 12.6 Å². The van der Waals surface area contributed by atoms with E-state index in [1.807, 2.05) is 0 Å². The monoisotopic (exact) mass is 518 g/mol. The molecule has 210 valence electrons. The van der Waals surface area contributed by atoms with Crippen LogP contribution in [0.15, 0.2) is 12.2 Å². The van der Waals surface area contributed by atoms with Crippen LogP contribution in [0.5, 0.6) is 0 Å². The molecule has 0 aromatic carbocycles. The first kappa shape index (κ1) is 34.8. The summed E-state index contributed by atoms with van der Waals surface area (Å²) in [6, 6.07) is 0. The van der Waals surface area contributed by atoms with Crippen LogP contribution >= 0.6 is 7.82 Å². The van der Waals surface area contributed by atoms with Crippen molar-refractivity contribution in [3.05, 3.63) is 12.2 Å². The second kappa shape index (κ2) is 23.0. The fraction of sp³-hybridized carbons (Fsp3) is 0.931. The first-order valence-corrected chi connectivity index (χ1v) is 16.5. The van der Waals surface area contributed by atoms with Crippen LogP contribution < -0.4 is 0 Å². The molecule has 2 N–H and O–H groups in total. The lowest BCUT2D eigenvalue weighted by Crippen LogP contribution is -2.48. The van der Waals surface area contributed by atoms with Crippen molar-refractivity contribution < 1.29 is 23.4 Å². The smallest absolute Gasteiger partial charge is 0.324 e. The van der Waals surface area contributed by atoms with Crippen LogP contribution in [0, 0.1) is 0 Å². The summed E-state index contributed by atoms with van der Waals surface area (Å²) >= 11 is 0. The molecule has 0 aromatic heterocycles. The van der Waals surface area contributed by atoms with Crippen molar-refractivity contribution >= 4 is 7.82 Å². The van der Waals surface area contributed by atoms with Crippen molar-refractivity contribution in [1.82, 2.24) is 0 Å². The first-order chi connectivity index (χ1) is 16.8. The molecule has 0 aliphatic rings. The fourth-order valence-electron chi connectivity index (χ4n) is 4.67. The third-order valence-electron chi connectivity index (χ3n) is 7.50. The van der Waals surface area contributed by atoms with E-state index in [9.17, 15) is 14.4 Å². The molecule has 35 heavy (non-hydrogen) atoms. The number of quaternary nitrogens is 1. The summed E-state index contributed by atoms with van der Waals surface area (Å²) in [6.07, 6.45) is 28.6. The Bertz CT molecular complexity index is 531. The highest BCUT2D eigenvalue weighted by molar-refractivity contribution is 7.46. The maximum absolute atomic E-state index is 11.4. The van der Waals surface area contributed by atoms with E-state index in [0.29, 0.717) is 6.54 Å². The minimum absolute atomic E-state index is 0.369. The summed E-state index contributed by atoms with van der Waals surface area (Å²) in [7, 11) is -2.31. The lowest BCUT2D eigenvalue weighted by atomic mass is 10.0. The van der Waals surface area contributed by atoms with Gasteiger partial charge in [0, 0.05) is 0 Å². The van der Waals surface area contributed by atoms with E-state index in [1.165, 1.54) is 103 Å². The Morgan fingerprint density at radius 2 is 1.09 bits per heavy atom. The largest absolute Gasteiger partial charge is 0.470 e. The molecule has 5 nitrogen and oxygen atoms in total. The highest BCUT2D eigenvalue weighted by Gasteiger charge is 2.29. The number of rotatable bonds is 26. The molecule has 0 radical (unpaired) electrons. The normalized spacial score (nSPS) is 13.7. The average molecular weight is 519 g/mol. The van der Waals surface area contributed by atoms with Gasteiger partial charge in [0.25, 0.3) is 0 Å². The van der Waals surface area contributed by atoms with Crippen molar-refractivity contribution in [2.75, 3.05) is 26.7 Å². The molecule has 1 atom stereocenters. The van der Waals surface area contributed by atoms with Gasteiger partial charge in [-0.3, -0.25) is 4.52 Å². The Balaban J connectivity index is 3.63. The molecule has 1 unspecified atom stereocenters. The van der Waals surface area contributed by atoms with Crippen LogP contribution in [0.25, 0.3) is 0 Å². The second-order valence-electron chi connectivity index (χ2n) is 10.8. The van der Waals surface area contributed by atoms with Gasteiger partial charge in [0.15, 0.2) is 0 Å². The Labute approximate surface area is 218 Å². The second-order valence-corrected chi connectivity index (χ2v) is 12.0. The summed E-state index contributed by atoms with van der Waals surface area (Å²) in [4.78, 5) is 18.5. The fourth-order valence-corrected chi connectivity index (χ4v) is 5.23. The van der Waals surface area contributed by atoms with Crippen molar-refractivity contribution in [3.8, 4) is 0 Å². The summed E-state index contributed by atoms with van der Waals surface area (Å²) in [5.41, 5.74) is 0. The molecule has 0 fully saturated rings. The summed E-state index contributed by atoms with van der Waals surface area (Å²) < 4.78 is 17.3. The van der Waals surface area contributed by atoms with Crippen molar-refractivity contribution in [2.45, 2.75) is 149 Å². The zero-order chi connectivity index (χ0) is 26.3. The quantitative estimate of drug-likeness (QED) is 0.0519. The first-order valence-electron chi connectivity index (χ1n) is 15.0. The molecule has 0 amide bonds. The molecule has 0 spiro atoms. The van der Waals surface area contributed by atoms with E-state index in [4.69, 9.17) is 4.52 Å². The molecule has 0 bridgehead atoms. The number of hydrogen-bond donors (Lipinski definition) is 2. The molecule has 0 saturated heterocycles. The molecular formula is C29H61NO4P+. The predicted octanol–water partition coefficient (Wildman–Crippen LogP) is 8.94. The van der Waals surface area contributed by atoms with Gasteiger partial charge in [0.05, 0.1) is 20.1 Å². The van der Waals surface area contributed by atoms with E-state index in [2.05, 4.69) is 40.0 Å². The number of likely N-dealkylation sites (N-methyl/N-ethyl adjacent to an activating group) is 1. The standard InChI is InChI=1S/C29H60NO4P/c1-5-8-9-10-11-12-13-14-15-16-17-18-19-20-21-22-23-24-25-26-27-29(34-35(31,32)33)28-30(4,6-2)7-3/h14-15,29H,5-13,16-28H2,1-4H3,(H-,31,32,33)/p+1/b15-14-. The van der Waals surface area contributed by atoms with Gasteiger partial charge in [-0.25, -0.2) is 4.57 Å². The topological polar surface area (TPSA) is 66.8 Å². The van der Waals surface area contributed by atoms with Crippen LogP contribution in [0.1, 0.15) is 143 Å². The Morgan fingerprint density at radius 1 is 0.686 bits per heavy atom. The van der Waals surface area contributed by atoms with Crippen molar-refractivity contribution in [3.63, 3.8) is 0 Å². The van der Waals surface area contributed by atoms with E-state index in [1.54, 1.807) is 0 Å². The highest BCUT2D eigenvalue weighted by atomic mass is 31.2. The molecule has 0 aromatic rings. The number of unbranched alkanes of at least 4 members (excludes halogenated alkanes) is 16. The third kappa shape index (κ3) is 23.9. The van der Waals surface area contributed by atoms with Gasteiger partial charge in [-0.2, -0.15) is 0 Å². The van der Waals surface area contributed by atoms with E-state index in [-0.39, 0.29) is 6.10 Å². The number of phosphoric ester groups is 1. The molecule has 0 rings (SSSR count). The zero-order valence-corrected chi connectivity index (χ0v) is 24.8. The molecule has 0 heterocycles. The van der Waals surface area contributed by atoms with Crippen LogP contribution in [0.2, 0.25) is 0 Å². The van der Waals surface area contributed by atoms with Crippen LogP contribution in [0.4, 0.5) is 0 Å². The average Bonchev–Trinajstić information content (AvgIpc) is 2.81. The molecule has 6 heteroatoms. The highest BCUT2D eigenvalue weighted by Crippen LogP contribution is 2.39. The maximum atomic E-state index is 11.4. The van der Waals surface area contributed by atoms with Gasteiger partial charge in [-0.15, -0.1) is 0 Å². The minimum Gasteiger partial charge on any atom is -0.324 e.